The third-order valence-corrected chi connectivity index (χ3v) is 3.92. The topological polar surface area (TPSA) is 86.7 Å². The largest absolute Gasteiger partial charge is 0.462 e. The zero-order valence-electron chi connectivity index (χ0n) is 12.9. The van der Waals surface area contributed by atoms with Gasteiger partial charge in [-0.2, -0.15) is 0 Å². The first-order valence-electron chi connectivity index (χ1n) is 7.20. The predicted molar refractivity (Wildman–Crippen MR) is 73.3 cm³/mol. The summed E-state index contributed by atoms with van der Waals surface area (Å²) in [6.07, 6.45) is 0.194. The normalized spacial score (nSPS) is 32.8. The SMILES string of the molecule is CC1OC(=O)CC(=O)C1C.CCC1OC(=O)CC(=O)C1C. The van der Waals surface area contributed by atoms with Crippen molar-refractivity contribution in [2.45, 2.75) is 59.2 Å². The molecule has 0 aromatic carbocycles. The maximum Gasteiger partial charge on any atom is 0.313 e. The molecule has 0 aromatic rings. The molecule has 2 rings (SSSR count). The Morgan fingerprint density at radius 2 is 1.33 bits per heavy atom. The predicted octanol–water partition coefficient (Wildman–Crippen LogP) is 1.44. The molecular formula is C15H22O6. The third kappa shape index (κ3) is 4.65. The van der Waals surface area contributed by atoms with Crippen LogP contribution in [0.3, 0.4) is 0 Å². The van der Waals surface area contributed by atoms with Crippen LogP contribution in [0.25, 0.3) is 0 Å². The Morgan fingerprint density at radius 1 is 0.857 bits per heavy atom. The fourth-order valence-electron chi connectivity index (χ4n) is 2.18. The van der Waals surface area contributed by atoms with Gasteiger partial charge in [0.1, 0.15) is 36.6 Å². The van der Waals surface area contributed by atoms with E-state index in [9.17, 15) is 19.2 Å². The molecule has 0 saturated carbocycles. The Bertz CT molecular complexity index is 441. The summed E-state index contributed by atoms with van der Waals surface area (Å²) in [5.74, 6) is -1.01. The third-order valence-electron chi connectivity index (χ3n) is 3.92. The maximum atomic E-state index is 11.1. The van der Waals surface area contributed by atoms with Crippen LogP contribution in [-0.4, -0.2) is 35.7 Å². The van der Waals surface area contributed by atoms with Gasteiger partial charge in [0.25, 0.3) is 0 Å². The first kappa shape index (κ1) is 17.3. The van der Waals surface area contributed by atoms with Crippen molar-refractivity contribution in [2.75, 3.05) is 0 Å². The van der Waals surface area contributed by atoms with E-state index in [1.165, 1.54) is 0 Å². The lowest BCUT2D eigenvalue weighted by atomic mass is 9.93. The van der Waals surface area contributed by atoms with Crippen molar-refractivity contribution in [1.29, 1.82) is 0 Å². The van der Waals surface area contributed by atoms with Crippen LogP contribution in [0.15, 0.2) is 0 Å². The number of cyclic esters (lactones) is 2. The summed E-state index contributed by atoms with van der Waals surface area (Å²) in [5, 5.41) is 0. The molecule has 2 aliphatic heterocycles. The van der Waals surface area contributed by atoms with Crippen molar-refractivity contribution in [1.82, 2.24) is 0 Å². The van der Waals surface area contributed by atoms with E-state index in [0.717, 1.165) is 6.42 Å². The highest BCUT2D eigenvalue weighted by Gasteiger charge is 2.32. The van der Waals surface area contributed by atoms with Crippen molar-refractivity contribution in [3.63, 3.8) is 0 Å². The zero-order valence-corrected chi connectivity index (χ0v) is 12.9. The molecule has 0 aromatic heterocycles. The monoisotopic (exact) mass is 298 g/mol. The fraction of sp³-hybridized carbons (Fsp3) is 0.733. The van der Waals surface area contributed by atoms with Crippen LogP contribution in [0.1, 0.15) is 47.0 Å². The van der Waals surface area contributed by atoms with Crippen molar-refractivity contribution in [2.24, 2.45) is 11.8 Å². The number of carbonyl (C=O) groups excluding carboxylic acids is 4. The molecule has 0 radical (unpaired) electrons. The quantitative estimate of drug-likeness (QED) is 0.538. The van der Waals surface area contributed by atoms with Crippen LogP contribution in [-0.2, 0) is 28.7 Å². The minimum atomic E-state index is -0.393. The van der Waals surface area contributed by atoms with Gasteiger partial charge in [0.2, 0.25) is 0 Å². The van der Waals surface area contributed by atoms with Crippen LogP contribution in [0.2, 0.25) is 0 Å². The Kier molecular flexibility index (Phi) is 6.05. The molecule has 0 bridgehead atoms. The van der Waals surface area contributed by atoms with Gasteiger partial charge < -0.3 is 9.47 Å². The molecule has 4 atom stereocenters. The number of Topliss-reactive ketones (excluding diaryl/α,β-unsaturated/α-hetero) is 2. The molecule has 2 heterocycles. The summed E-state index contributed by atoms with van der Waals surface area (Å²) in [4.78, 5) is 43.3. The van der Waals surface area contributed by atoms with Gasteiger partial charge in [-0.3, -0.25) is 19.2 Å². The Hall–Kier alpha value is -1.72. The molecule has 6 nitrogen and oxygen atoms in total. The van der Waals surface area contributed by atoms with E-state index in [1.54, 1.807) is 13.8 Å². The van der Waals surface area contributed by atoms with Gasteiger partial charge in [-0.05, 0) is 13.3 Å². The van der Waals surface area contributed by atoms with Crippen LogP contribution in [0.4, 0.5) is 0 Å². The van der Waals surface area contributed by atoms with Gasteiger partial charge in [0.15, 0.2) is 0 Å². The van der Waals surface area contributed by atoms with Crippen molar-refractivity contribution >= 4 is 23.5 Å². The van der Waals surface area contributed by atoms with Gasteiger partial charge in [-0.1, -0.05) is 20.8 Å². The highest BCUT2D eigenvalue weighted by Crippen LogP contribution is 2.20. The summed E-state index contributed by atoms with van der Waals surface area (Å²) >= 11 is 0. The van der Waals surface area contributed by atoms with Gasteiger partial charge >= 0.3 is 11.9 Å². The van der Waals surface area contributed by atoms with E-state index in [1.807, 2.05) is 13.8 Å². The summed E-state index contributed by atoms with van der Waals surface area (Å²) in [5.41, 5.74) is 0. The molecule has 2 fully saturated rings. The van der Waals surface area contributed by atoms with Gasteiger partial charge in [-0.25, -0.2) is 0 Å². The van der Waals surface area contributed by atoms with Gasteiger partial charge in [0, 0.05) is 0 Å². The summed E-state index contributed by atoms with van der Waals surface area (Å²) in [7, 11) is 0. The Labute approximate surface area is 124 Å². The van der Waals surface area contributed by atoms with Crippen molar-refractivity contribution < 1.29 is 28.7 Å². The number of rotatable bonds is 1. The van der Waals surface area contributed by atoms with Crippen molar-refractivity contribution in [3.8, 4) is 0 Å². The standard InChI is InChI=1S/C8H12O3.C7H10O3/c1-3-7-5(2)6(9)4-8(10)11-7;1-4-5(2)10-7(9)3-6(4)8/h5,7H,3-4H2,1-2H3;4-5H,3H2,1-2H3. The summed E-state index contributed by atoms with van der Waals surface area (Å²) in [6.45, 7) is 7.23. The second kappa shape index (κ2) is 7.33. The lowest BCUT2D eigenvalue weighted by Crippen LogP contribution is -2.37. The van der Waals surface area contributed by atoms with Crippen LogP contribution in [0.5, 0.6) is 0 Å². The number of hydrogen-bond acceptors (Lipinski definition) is 6. The number of ether oxygens (including phenoxy) is 2. The highest BCUT2D eigenvalue weighted by atomic mass is 16.5. The average molecular weight is 298 g/mol. The molecular weight excluding hydrogens is 276 g/mol. The molecule has 2 saturated heterocycles. The smallest absolute Gasteiger partial charge is 0.313 e. The van der Waals surface area contributed by atoms with Crippen LogP contribution >= 0.6 is 0 Å². The number of esters is 2. The molecule has 118 valence electrons. The van der Waals surface area contributed by atoms with E-state index >= 15 is 0 Å². The average Bonchev–Trinajstić information content (AvgIpc) is 2.40. The van der Waals surface area contributed by atoms with Gasteiger partial charge in [-0.15, -0.1) is 0 Å². The number of hydrogen-bond donors (Lipinski definition) is 0. The molecule has 4 unspecified atom stereocenters. The molecule has 6 heteroatoms. The lowest BCUT2D eigenvalue weighted by molar-refractivity contribution is -0.163. The van der Waals surface area contributed by atoms with Gasteiger partial charge in [0.05, 0.1) is 11.8 Å². The number of ketones is 2. The summed E-state index contributed by atoms with van der Waals surface area (Å²) in [6, 6.07) is 0. The second-order valence-electron chi connectivity index (χ2n) is 5.50. The fourth-order valence-corrected chi connectivity index (χ4v) is 2.18. The molecule has 0 aliphatic carbocycles. The first-order chi connectivity index (χ1) is 9.76. The molecule has 0 N–H and O–H groups in total. The molecule has 0 spiro atoms. The van der Waals surface area contributed by atoms with E-state index in [4.69, 9.17) is 9.47 Å². The van der Waals surface area contributed by atoms with E-state index in [0.29, 0.717) is 0 Å². The lowest BCUT2D eigenvalue weighted by Gasteiger charge is -2.26. The van der Waals surface area contributed by atoms with Crippen LogP contribution < -0.4 is 0 Å². The van der Waals surface area contributed by atoms with E-state index in [2.05, 4.69) is 0 Å². The minimum Gasteiger partial charge on any atom is -0.462 e. The Morgan fingerprint density at radius 3 is 1.81 bits per heavy atom. The van der Waals surface area contributed by atoms with E-state index in [-0.39, 0.29) is 54.4 Å². The zero-order chi connectivity index (χ0) is 16.2. The second-order valence-corrected chi connectivity index (χ2v) is 5.50. The summed E-state index contributed by atoms with van der Waals surface area (Å²) < 4.78 is 9.77. The minimum absolute atomic E-state index is 0.00750. The van der Waals surface area contributed by atoms with Crippen molar-refractivity contribution in [3.05, 3.63) is 0 Å². The maximum absolute atomic E-state index is 11.1. The molecule has 21 heavy (non-hydrogen) atoms. The molecule has 0 amide bonds. The van der Waals surface area contributed by atoms with Crippen LogP contribution in [0, 0.1) is 11.8 Å². The Balaban J connectivity index is 0.000000211. The number of carbonyl (C=O) groups is 4. The molecule has 2 aliphatic rings. The first-order valence-corrected chi connectivity index (χ1v) is 7.20. The highest BCUT2D eigenvalue weighted by molar-refractivity contribution is 5.99. The van der Waals surface area contributed by atoms with E-state index < -0.39 is 5.97 Å².